The van der Waals surface area contributed by atoms with E-state index in [-0.39, 0.29) is 0 Å². The lowest BCUT2D eigenvalue weighted by molar-refractivity contribution is -0.0540. The van der Waals surface area contributed by atoms with Crippen LogP contribution in [0, 0.1) is 28.6 Å². The molecule has 28 heavy (non-hydrogen) atoms. The predicted octanol–water partition coefficient (Wildman–Crippen LogP) is 6.56. The Kier molecular flexibility index (Phi) is 5.36. The highest BCUT2D eigenvalue weighted by atomic mass is 28.4. The number of fused-ring (bicyclic) bond motifs is 5. The molecule has 0 saturated heterocycles. The van der Waals surface area contributed by atoms with Crippen molar-refractivity contribution in [1.82, 2.24) is 0 Å². The molecule has 0 N–H and O–H groups in total. The fraction of sp³-hybridized carbons (Fsp3) is 0.875. The lowest BCUT2D eigenvalue weighted by atomic mass is 9.45. The maximum atomic E-state index is 6.52. The lowest BCUT2D eigenvalue weighted by Crippen LogP contribution is -2.52. The van der Waals surface area contributed by atoms with E-state index in [9.17, 15) is 0 Å². The number of allylic oxidation sites excluding steroid dienone is 1. The summed E-state index contributed by atoms with van der Waals surface area (Å²) in [5.74, 6) is 2.60. The minimum Gasteiger partial charge on any atom is -0.414 e. The summed E-state index contributed by atoms with van der Waals surface area (Å²) in [5.41, 5.74) is 3.88. The van der Waals surface area contributed by atoms with E-state index in [1.807, 2.05) is 0 Å². The second kappa shape index (κ2) is 7.26. The number of rotatable bonds is 3. The molecule has 0 heterocycles. The molecule has 0 bridgehead atoms. The maximum Gasteiger partial charge on any atom is 0.184 e. The Balaban J connectivity index is 1.53. The Bertz CT molecular complexity index is 666. The van der Waals surface area contributed by atoms with Crippen molar-refractivity contribution in [2.45, 2.75) is 97.4 Å². The third kappa shape index (κ3) is 3.64. The van der Waals surface area contributed by atoms with Crippen LogP contribution in [0.3, 0.4) is 0 Å². The standard InChI is InChI=1S/C24H41NO2Si/c1-23-13-12-22-20(21(23)10-8-18(16-23)25-26-3)9-7-17-15-19(27-28(4,5)6)11-14-24(17,22)2/h7,19-22H,8-16H2,1-6H3/b25-18+/t19-,20?,21?,22?,23+,24-/m0/s1. The van der Waals surface area contributed by atoms with Gasteiger partial charge < -0.3 is 9.26 Å². The molecule has 158 valence electrons. The monoisotopic (exact) mass is 403 g/mol. The third-order valence-corrected chi connectivity index (χ3v) is 9.71. The average molecular weight is 404 g/mol. The Labute approximate surface area is 173 Å². The SMILES string of the molecule is CO/N=C1\CCC2C3CC=C4C[C@@H](O[Si](C)(C)C)CC[C@]4(C)C3CC[C@]2(C)C1. The Morgan fingerprint density at radius 2 is 1.86 bits per heavy atom. The van der Waals surface area contributed by atoms with Gasteiger partial charge in [0.25, 0.3) is 0 Å². The number of hydrogen-bond donors (Lipinski definition) is 0. The van der Waals surface area contributed by atoms with Crippen molar-refractivity contribution in [3.8, 4) is 0 Å². The first-order valence-electron chi connectivity index (χ1n) is 11.6. The Morgan fingerprint density at radius 1 is 1.07 bits per heavy atom. The molecule has 4 rings (SSSR count). The summed E-state index contributed by atoms with van der Waals surface area (Å²) < 4.78 is 6.52. The minimum atomic E-state index is -1.46. The Morgan fingerprint density at radius 3 is 2.57 bits per heavy atom. The second-order valence-electron chi connectivity index (χ2n) is 11.6. The number of oxime groups is 1. The second-order valence-corrected chi connectivity index (χ2v) is 16.1. The van der Waals surface area contributed by atoms with Gasteiger partial charge in [0.05, 0.1) is 5.71 Å². The molecule has 3 saturated carbocycles. The van der Waals surface area contributed by atoms with Gasteiger partial charge in [-0.3, -0.25) is 0 Å². The van der Waals surface area contributed by atoms with E-state index in [4.69, 9.17) is 9.26 Å². The van der Waals surface area contributed by atoms with Crippen LogP contribution in [0.4, 0.5) is 0 Å². The molecule has 3 fully saturated rings. The van der Waals surface area contributed by atoms with Crippen LogP contribution in [0.15, 0.2) is 16.8 Å². The van der Waals surface area contributed by atoms with E-state index in [1.54, 1.807) is 12.7 Å². The van der Waals surface area contributed by atoms with Crippen molar-refractivity contribution in [2.75, 3.05) is 7.11 Å². The third-order valence-electron chi connectivity index (χ3n) is 8.67. The fourth-order valence-corrected chi connectivity index (χ4v) is 8.69. The molecule has 0 aliphatic heterocycles. The van der Waals surface area contributed by atoms with Gasteiger partial charge in [0.1, 0.15) is 7.11 Å². The van der Waals surface area contributed by atoms with E-state index < -0.39 is 8.32 Å². The first kappa shape index (κ1) is 20.7. The molecule has 0 amide bonds. The van der Waals surface area contributed by atoms with Crippen molar-refractivity contribution < 1.29 is 9.26 Å². The lowest BCUT2D eigenvalue weighted by Gasteiger charge is -2.60. The van der Waals surface area contributed by atoms with Crippen LogP contribution < -0.4 is 0 Å². The quantitative estimate of drug-likeness (QED) is 0.303. The number of hydrogen-bond acceptors (Lipinski definition) is 3. The molecule has 3 unspecified atom stereocenters. The fourth-order valence-electron chi connectivity index (χ4n) is 7.49. The van der Waals surface area contributed by atoms with Crippen LogP contribution in [0.25, 0.3) is 0 Å². The van der Waals surface area contributed by atoms with Crippen LogP contribution in [-0.2, 0) is 9.26 Å². The van der Waals surface area contributed by atoms with Crippen molar-refractivity contribution in [1.29, 1.82) is 0 Å². The van der Waals surface area contributed by atoms with Gasteiger partial charge >= 0.3 is 0 Å². The zero-order chi connectivity index (χ0) is 20.2. The molecule has 4 aliphatic carbocycles. The highest BCUT2D eigenvalue weighted by molar-refractivity contribution is 6.69. The van der Waals surface area contributed by atoms with Crippen molar-refractivity contribution >= 4 is 14.0 Å². The Hall–Kier alpha value is -0.613. The summed E-state index contributed by atoms with van der Waals surface area (Å²) in [6.45, 7) is 12.1. The largest absolute Gasteiger partial charge is 0.414 e. The van der Waals surface area contributed by atoms with Crippen molar-refractivity contribution in [3.63, 3.8) is 0 Å². The van der Waals surface area contributed by atoms with Crippen LogP contribution in [0.1, 0.15) is 71.6 Å². The zero-order valence-corrected chi connectivity index (χ0v) is 20.0. The summed E-state index contributed by atoms with van der Waals surface area (Å²) in [4.78, 5) is 5.11. The highest BCUT2D eigenvalue weighted by Crippen LogP contribution is 2.63. The van der Waals surface area contributed by atoms with Crippen LogP contribution in [0.2, 0.25) is 19.6 Å². The smallest absolute Gasteiger partial charge is 0.184 e. The van der Waals surface area contributed by atoms with Gasteiger partial charge in [0.2, 0.25) is 0 Å². The van der Waals surface area contributed by atoms with Gasteiger partial charge in [-0.1, -0.05) is 30.7 Å². The van der Waals surface area contributed by atoms with Gasteiger partial charge in [-0.25, -0.2) is 0 Å². The normalized spacial score (nSPS) is 44.9. The minimum absolute atomic E-state index is 0.421. The molecule has 0 radical (unpaired) electrons. The molecule has 6 atom stereocenters. The maximum absolute atomic E-state index is 6.52. The molecule has 0 aromatic rings. The van der Waals surface area contributed by atoms with Gasteiger partial charge in [-0.05, 0) is 106 Å². The summed E-state index contributed by atoms with van der Waals surface area (Å²) in [6.07, 6.45) is 14.5. The topological polar surface area (TPSA) is 30.8 Å². The summed E-state index contributed by atoms with van der Waals surface area (Å²) in [6, 6.07) is 0. The highest BCUT2D eigenvalue weighted by Gasteiger charge is 2.55. The van der Waals surface area contributed by atoms with Gasteiger partial charge in [-0.2, -0.15) is 0 Å². The zero-order valence-electron chi connectivity index (χ0n) is 19.0. The van der Waals surface area contributed by atoms with Crippen LogP contribution in [-0.4, -0.2) is 27.2 Å². The van der Waals surface area contributed by atoms with Crippen molar-refractivity contribution in [3.05, 3.63) is 11.6 Å². The molecular weight excluding hydrogens is 362 g/mol. The molecule has 4 aliphatic rings. The van der Waals surface area contributed by atoms with Crippen molar-refractivity contribution in [2.24, 2.45) is 33.7 Å². The number of nitrogens with zero attached hydrogens (tertiary/aromatic N) is 1. The van der Waals surface area contributed by atoms with E-state index in [1.165, 1.54) is 50.7 Å². The molecule has 0 aromatic heterocycles. The summed E-state index contributed by atoms with van der Waals surface area (Å²) >= 11 is 0. The van der Waals surface area contributed by atoms with Crippen LogP contribution >= 0.6 is 0 Å². The van der Waals surface area contributed by atoms with Gasteiger partial charge in [0.15, 0.2) is 8.32 Å². The van der Waals surface area contributed by atoms with Gasteiger partial charge in [-0.15, -0.1) is 0 Å². The molecule has 0 spiro atoms. The summed E-state index contributed by atoms with van der Waals surface area (Å²) in [7, 11) is 0.234. The van der Waals surface area contributed by atoms with E-state index in [2.05, 4.69) is 44.7 Å². The van der Waals surface area contributed by atoms with E-state index in [0.29, 0.717) is 16.9 Å². The van der Waals surface area contributed by atoms with E-state index >= 15 is 0 Å². The molecule has 0 aromatic carbocycles. The van der Waals surface area contributed by atoms with Crippen LogP contribution in [0.5, 0.6) is 0 Å². The predicted molar refractivity (Wildman–Crippen MR) is 119 cm³/mol. The first-order chi connectivity index (χ1) is 13.1. The molecule has 4 heteroatoms. The molecule has 3 nitrogen and oxygen atoms in total. The summed E-state index contributed by atoms with van der Waals surface area (Å²) in [5, 5.41) is 4.33. The van der Waals surface area contributed by atoms with Gasteiger partial charge in [0, 0.05) is 6.10 Å². The van der Waals surface area contributed by atoms with E-state index in [0.717, 1.165) is 30.6 Å². The molecular formula is C24H41NO2Si. The first-order valence-corrected chi connectivity index (χ1v) is 15.0. The average Bonchev–Trinajstić information content (AvgIpc) is 2.60.